The van der Waals surface area contributed by atoms with Crippen LogP contribution in [-0.2, 0) is 23.7 Å². The Balaban J connectivity index is 2.47. The molecular weight excluding hydrogens is 276 g/mol. The molecule has 0 amide bonds. The summed E-state index contributed by atoms with van der Waals surface area (Å²) in [5, 5.41) is 0. The lowest BCUT2D eigenvalue weighted by atomic mass is 10.0. The Kier molecular flexibility index (Phi) is 3.96. The fourth-order valence-electron chi connectivity index (χ4n) is 2.09. The summed E-state index contributed by atoms with van der Waals surface area (Å²) in [6.07, 6.45) is 5.57. The lowest BCUT2D eigenvalue weighted by Gasteiger charge is -2.10. The molecule has 0 atom stereocenters. The summed E-state index contributed by atoms with van der Waals surface area (Å²) in [6.45, 7) is 4.36. The average molecular weight is 295 g/mol. The first-order valence-electron chi connectivity index (χ1n) is 6.38. The van der Waals surface area contributed by atoms with Gasteiger partial charge in [-0.2, -0.15) is 8.42 Å². The normalized spacial score (nSPS) is 12.1. The molecule has 0 saturated carbocycles. The summed E-state index contributed by atoms with van der Waals surface area (Å²) in [6, 6.07) is 5.22. The second-order valence-electron chi connectivity index (χ2n) is 5.25. The van der Waals surface area contributed by atoms with Gasteiger partial charge in [0.2, 0.25) is 6.33 Å². The number of hydrogen-bond donors (Lipinski definition) is 1. The molecule has 2 aromatic rings. The second-order valence-corrected chi connectivity index (χ2v) is 6.64. The maximum atomic E-state index is 11.6. The first kappa shape index (κ1) is 14.7. The van der Waals surface area contributed by atoms with Crippen molar-refractivity contribution < 1.29 is 17.5 Å². The largest absolute Gasteiger partial charge is 0.294 e. The third kappa shape index (κ3) is 3.26. The van der Waals surface area contributed by atoms with Crippen LogP contribution in [0.3, 0.4) is 0 Å². The molecule has 0 aliphatic carbocycles. The van der Waals surface area contributed by atoms with Gasteiger partial charge < -0.3 is 0 Å². The van der Waals surface area contributed by atoms with Gasteiger partial charge in [-0.25, -0.2) is 9.13 Å². The lowest BCUT2D eigenvalue weighted by Crippen LogP contribution is -2.23. The van der Waals surface area contributed by atoms with Gasteiger partial charge in [0.15, 0.2) is 0 Å². The molecule has 1 N–H and O–H groups in total. The van der Waals surface area contributed by atoms with Crippen LogP contribution < -0.4 is 4.57 Å². The number of benzene rings is 1. The van der Waals surface area contributed by atoms with Crippen molar-refractivity contribution >= 4 is 10.1 Å². The van der Waals surface area contributed by atoms with Crippen LogP contribution in [0, 0.1) is 0 Å². The minimum atomic E-state index is -4.22. The smallest absolute Gasteiger partial charge is 0.282 e. The summed E-state index contributed by atoms with van der Waals surface area (Å²) >= 11 is 0. The van der Waals surface area contributed by atoms with Crippen LogP contribution in [-0.4, -0.2) is 17.5 Å². The predicted octanol–water partition coefficient (Wildman–Crippen LogP) is 1.73. The van der Waals surface area contributed by atoms with Gasteiger partial charge in [0.05, 0.1) is 7.05 Å². The predicted molar refractivity (Wildman–Crippen MR) is 75.1 cm³/mol. The third-order valence-corrected chi connectivity index (χ3v) is 4.15. The molecule has 6 heteroatoms. The minimum Gasteiger partial charge on any atom is -0.282 e. The Morgan fingerprint density at radius 2 is 2.05 bits per heavy atom. The molecule has 0 unspecified atom stereocenters. The van der Waals surface area contributed by atoms with Gasteiger partial charge in [0, 0.05) is 5.56 Å². The molecule has 1 aromatic carbocycles. The molecule has 1 heterocycles. The van der Waals surface area contributed by atoms with E-state index in [1.54, 1.807) is 12.1 Å². The number of rotatable bonds is 4. The van der Waals surface area contributed by atoms with Crippen molar-refractivity contribution in [3.05, 3.63) is 48.0 Å². The van der Waals surface area contributed by atoms with Crippen LogP contribution in [0.15, 0.2) is 41.8 Å². The van der Waals surface area contributed by atoms with Gasteiger partial charge in [-0.1, -0.05) is 26.0 Å². The fraction of sp³-hybridized carbons (Fsp3) is 0.357. The molecule has 0 aliphatic heterocycles. The van der Waals surface area contributed by atoms with Crippen molar-refractivity contribution in [1.82, 2.24) is 4.57 Å². The van der Waals surface area contributed by atoms with Crippen molar-refractivity contribution in [1.29, 1.82) is 0 Å². The molecule has 0 radical (unpaired) electrons. The topological polar surface area (TPSA) is 63.2 Å². The number of aromatic nitrogens is 2. The molecule has 0 aliphatic rings. The maximum absolute atomic E-state index is 11.6. The van der Waals surface area contributed by atoms with E-state index in [1.165, 1.54) is 0 Å². The van der Waals surface area contributed by atoms with Crippen LogP contribution in [0.1, 0.15) is 30.9 Å². The van der Waals surface area contributed by atoms with E-state index in [9.17, 15) is 13.0 Å². The zero-order valence-electron chi connectivity index (χ0n) is 11.8. The number of aryl methyl sites for hydroxylation is 1. The first-order chi connectivity index (χ1) is 9.27. The van der Waals surface area contributed by atoms with E-state index in [-0.39, 0.29) is 10.8 Å². The van der Waals surface area contributed by atoms with E-state index >= 15 is 0 Å². The quantitative estimate of drug-likeness (QED) is 0.690. The van der Waals surface area contributed by atoms with Crippen LogP contribution in [0.5, 0.6) is 0 Å². The number of imidazole rings is 1. The van der Waals surface area contributed by atoms with E-state index in [0.29, 0.717) is 12.1 Å². The van der Waals surface area contributed by atoms with Crippen molar-refractivity contribution in [2.45, 2.75) is 31.2 Å². The van der Waals surface area contributed by atoms with Crippen molar-refractivity contribution in [3.63, 3.8) is 0 Å². The molecule has 0 bridgehead atoms. The lowest BCUT2D eigenvalue weighted by molar-refractivity contribution is -0.671. The molecule has 1 aromatic heterocycles. The molecule has 2 rings (SSSR count). The highest BCUT2D eigenvalue weighted by Gasteiger charge is 2.18. The summed E-state index contributed by atoms with van der Waals surface area (Å²) < 4.78 is 36.3. The average Bonchev–Trinajstić information content (AvgIpc) is 2.73. The third-order valence-electron chi connectivity index (χ3n) is 3.21. The summed E-state index contributed by atoms with van der Waals surface area (Å²) in [5.74, 6) is 0.203. The minimum absolute atomic E-state index is 0.0138. The molecule has 20 heavy (non-hydrogen) atoms. The highest BCUT2D eigenvalue weighted by Crippen LogP contribution is 2.23. The highest BCUT2D eigenvalue weighted by molar-refractivity contribution is 7.85. The van der Waals surface area contributed by atoms with Crippen molar-refractivity contribution in [2.75, 3.05) is 0 Å². The van der Waals surface area contributed by atoms with Gasteiger partial charge >= 0.3 is 0 Å². The van der Waals surface area contributed by atoms with Gasteiger partial charge in [0.1, 0.15) is 23.8 Å². The Morgan fingerprint density at radius 1 is 1.35 bits per heavy atom. The zero-order chi connectivity index (χ0) is 14.9. The molecule has 5 nitrogen and oxygen atoms in total. The first-order valence-corrected chi connectivity index (χ1v) is 7.82. The number of hydrogen-bond acceptors (Lipinski definition) is 2. The van der Waals surface area contributed by atoms with Crippen LogP contribution in [0.25, 0.3) is 0 Å². The van der Waals surface area contributed by atoms with Gasteiger partial charge in [-0.05, 0) is 17.5 Å². The molecule has 0 saturated heterocycles. The summed E-state index contributed by atoms with van der Waals surface area (Å²) in [7, 11) is -2.33. The highest BCUT2D eigenvalue weighted by atomic mass is 32.2. The van der Waals surface area contributed by atoms with E-state index in [4.69, 9.17) is 0 Å². The summed E-state index contributed by atoms with van der Waals surface area (Å²) in [5.41, 5.74) is 1.47. The Labute approximate surface area is 119 Å². The Morgan fingerprint density at radius 3 is 2.55 bits per heavy atom. The SMILES string of the molecule is CC(C)c1ccc(Cn2cc[n+](C)c2)c(S(=O)(=O)O)c1. The Hall–Kier alpha value is -1.66. The van der Waals surface area contributed by atoms with E-state index in [2.05, 4.69) is 0 Å². The van der Waals surface area contributed by atoms with Crippen LogP contribution in [0.2, 0.25) is 0 Å². The summed E-state index contributed by atoms with van der Waals surface area (Å²) in [4.78, 5) is -0.0138. The zero-order valence-corrected chi connectivity index (χ0v) is 12.6. The van der Waals surface area contributed by atoms with Crippen LogP contribution in [0.4, 0.5) is 0 Å². The molecule has 0 fully saturated rings. The Bertz CT molecular complexity index is 718. The maximum Gasteiger partial charge on any atom is 0.294 e. The van der Waals surface area contributed by atoms with Gasteiger partial charge in [-0.15, -0.1) is 0 Å². The molecular formula is C14H19N2O3S+. The van der Waals surface area contributed by atoms with Gasteiger partial charge in [-0.3, -0.25) is 4.55 Å². The fourth-order valence-corrected chi connectivity index (χ4v) is 2.84. The van der Waals surface area contributed by atoms with E-state index < -0.39 is 10.1 Å². The van der Waals surface area contributed by atoms with E-state index in [1.807, 2.05) is 54.8 Å². The van der Waals surface area contributed by atoms with Gasteiger partial charge in [0.25, 0.3) is 10.1 Å². The van der Waals surface area contributed by atoms with Crippen LogP contribution >= 0.6 is 0 Å². The molecule has 0 spiro atoms. The standard InChI is InChI=1S/C14H18N2O3S/c1-11(2)12-4-5-13(14(8-12)20(17,18)19)9-16-7-6-15(3)10-16/h4-8,10-11H,9H2,1-3H3/p+1. The van der Waals surface area contributed by atoms with E-state index in [0.717, 1.165) is 5.56 Å². The second kappa shape index (κ2) is 5.38. The van der Waals surface area contributed by atoms with Crippen molar-refractivity contribution in [2.24, 2.45) is 7.05 Å². The number of nitrogens with zero attached hydrogens (tertiary/aromatic N) is 2. The monoisotopic (exact) mass is 295 g/mol. The molecule has 108 valence electrons. The van der Waals surface area contributed by atoms with Crippen molar-refractivity contribution in [3.8, 4) is 0 Å².